The molecule has 0 aromatic heterocycles. The number of phenols is 1. The Morgan fingerprint density at radius 1 is 1.20 bits per heavy atom. The predicted molar refractivity (Wildman–Crippen MR) is 95.1 cm³/mol. The molecule has 0 heterocycles. The van der Waals surface area contributed by atoms with E-state index in [1.54, 1.807) is 0 Å². The molecular weight excluding hydrogens is 366 g/mol. The number of hydrogen-bond acceptors (Lipinski definition) is 6. The fraction of sp³-hybridized carbons (Fsp3) is 0.562. The van der Waals surface area contributed by atoms with Crippen molar-refractivity contribution in [2.24, 2.45) is 0 Å². The number of carbonyl (C=O) groups is 1. The molecule has 1 fully saturated rings. The molecule has 25 heavy (non-hydrogen) atoms. The van der Waals surface area contributed by atoms with Crippen molar-refractivity contribution in [1.29, 1.82) is 0 Å². The van der Waals surface area contributed by atoms with Gasteiger partial charge in [0.05, 0.1) is 27.3 Å². The van der Waals surface area contributed by atoms with Crippen LogP contribution in [0, 0.1) is 0 Å². The second kappa shape index (κ2) is 7.74. The number of hydrogen-bond donors (Lipinski definition) is 2. The minimum atomic E-state index is -3.48. The molecule has 1 saturated carbocycles. The third-order valence-corrected chi connectivity index (χ3v) is 8.40. The number of sulfone groups is 2. The molecule has 0 saturated heterocycles. The van der Waals surface area contributed by atoms with Crippen molar-refractivity contribution in [3.8, 4) is 5.75 Å². The van der Waals surface area contributed by atoms with E-state index in [4.69, 9.17) is 0 Å². The molecule has 1 aliphatic rings. The number of benzene rings is 1. The summed E-state index contributed by atoms with van der Waals surface area (Å²) in [6.45, 7) is 1.49. The average molecular weight is 389 g/mol. The minimum Gasteiger partial charge on any atom is -0.506 e. The van der Waals surface area contributed by atoms with Gasteiger partial charge in [0.25, 0.3) is 0 Å². The summed E-state index contributed by atoms with van der Waals surface area (Å²) >= 11 is 0. The Kier molecular flexibility index (Phi) is 6.10. The second-order valence-electron chi connectivity index (χ2n) is 6.15. The molecule has 140 valence electrons. The van der Waals surface area contributed by atoms with Gasteiger partial charge in [0.1, 0.15) is 5.75 Å². The van der Waals surface area contributed by atoms with Crippen LogP contribution >= 0.6 is 0 Å². The van der Waals surface area contributed by atoms with E-state index in [1.807, 2.05) is 0 Å². The average Bonchev–Trinajstić information content (AvgIpc) is 3.10. The Morgan fingerprint density at radius 3 is 2.44 bits per heavy atom. The van der Waals surface area contributed by atoms with Crippen molar-refractivity contribution in [1.82, 2.24) is 0 Å². The maximum Gasteiger partial charge on any atom is 0.225 e. The molecule has 0 spiro atoms. The highest BCUT2D eigenvalue weighted by atomic mass is 32.2. The lowest BCUT2D eigenvalue weighted by Crippen LogP contribution is -2.24. The molecule has 1 aromatic rings. The van der Waals surface area contributed by atoms with Crippen LogP contribution in [-0.2, 0) is 24.5 Å². The molecule has 9 heteroatoms. The van der Waals surface area contributed by atoms with Gasteiger partial charge in [-0.1, -0.05) is 19.8 Å². The van der Waals surface area contributed by atoms with E-state index in [-0.39, 0.29) is 39.5 Å². The topological polar surface area (TPSA) is 118 Å². The molecule has 0 unspecified atom stereocenters. The first-order valence-corrected chi connectivity index (χ1v) is 11.6. The first kappa shape index (κ1) is 19.7. The molecule has 0 bridgehead atoms. The van der Waals surface area contributed by atoms with Crippen LogP contribution in [0.15, 0.2) is 23.1 Å². The number of phenolic OH excluding ortho intramolecular Hbond substituents is 1. The van der Waals surface area contributed by atoms with E-state index in [1.165, 1.54) is 25.1 Å². The number of aromatic hydroxyl groups is 1. The Hall–Kier alpha value is -1.61. The number of carbonyl (C=O) groups excluding carboxylic acids is 1. The summed E-state index contributed by atoms with van der Waals surface area (Å²) in [4.78, 5) is 12.0. The molecule has 0 aliphatic heterocycles. The summed E-state index contributed by atoms with van der Waals surface area (Å²) in [6.07, 6.45) is 2.83. The SMILES string of the molecule is CCS(=O)(=O)c1ccc(O)c(NC(=O)CCS(=O)(=O)C2CCCC2)c1. The lowest BCUT2D eigenvalue weighted by Gasteiger charge is -2.12. The van der Waals surface area contributed by atoms with Gasteiger partial charge < -0.3 is 10.4 Å². The van der Waals surface area contributed by atoms with E-state index in [9.17, 15) is 26.7 Å². The largest absolute Gasteiger partial charge is 0.506 e. The smallest absolute Gasteiger partial charge is 0.225 e. The third kappa shape index (κ3) is 4.94. The fourth-order valence-corrected chi connectivity index (χ4v) is 5.60. The van der Waals surface area contributed by atoms with Crippen LogP contribution in [0.1, 0.15) is 39.0 Å². The van der Waals surface area contributed by atoms with Gasteiger partial charge in [-0.15, -0.1) is 0 Å². The molecule has 7 nitrogen and oxygen atoms in total. The van der Waals surface area contributed by atoms with Gasteiger partial charge in [-0.2, -0.15) is 0 Å². The van der Waals surface area contributed by atoms with E-state index in [0.29, 0.717) is 12.8 Å². The van der Waals surface area contributed by atoms with Crippen LogP contribution in [0.5, 0.6) is 5.75 Å². The molecular formula is C16H23NO6S2. The highest BCUT2D eigenvalue weighted by molar-refractivity contribution is 7.92. The zero-order chi connectivity index (χ0) is 18.7. The quantitative estimate of drug-likeness (QED) is 0.688. The third-order valence-electron chi connectivity index (χ3n) is 4.40. The summed E-state index contributed by atoms with van der Waals surface area (Å²) in [5.41, 5.74) is -0.0437. The lowest BCUT2D eigenvalue weighted by atomic mass is 10.3. The standard InChI is InChI=1S/C16H23NO6S2/c1-2-24(20,21)13-7-8-15(18)14(11-13)17-16(19)9-10-25(22,23)12-5-3-4-6-12/h7-8,11-12,18H,2-6,9-10H2,1H3,(H,17,19). The van der Waals surface area contributed by atoms with Crippen molar-refractivity contribution in [3.05, 3.63) is 18.2 Å². The van der Waals surface area contributed by atoms with Crippen molar-refractivity contribution < 1.29 is 26.7 Å². The highest BCUT2D eigenvalue weighted by Gasteiger charge is 2.29. The Balaban J connectivity index is 2.04. The highest BCUT2D eigenvalue weighted by Crippen LogP contribution is 2.28. The zero-order valence-electron chi connectivity index (χ0n) is 14.1. The van der Waals surface area contributed by atoms with Crippen molar-refractivity contribution >= 4 is 31.3 Å². The van der Waals surface area contributed by atoms with Gasteiger partial charge in [-0.25, -0.2) is 16.8 Å². The molecule has 2 rings (SSSR count). The molecule has 1 aromatic carbocycles. The van der Waals surface area contributed by atoms with E-state index >= 15 is 0 Å². The molecule has 0 radical (unpaired) electrons. The van der Waals surface area contributed by atoms with Crippen LogP contribution in [0.4, 0.5) is 5.69 Å². The van der Waals surface area contributed by atoms with Gasteiger partial charge >= 0.3 is 0 Å². The zero-order valence-corrected chi connectivity index (χ0v) is 15.7. The molecule has 1 aliphatic carbocycles. The first-order chi connectivity index (χ1) is 11.7. The number of amides is 1. The molecule has 2 N–H and O–H groups in total. The number of anilines is 1. The van der Waals surface area contributed by atoms with Crippen molar-refractivity contribution in [3.63, 3.8) is 0 Å². The van der Waals surface area contributed by atoms with Crippen molar-refractivity contribution in [2.45, 2.75) is 49.2 Å². The number of rotatable bonds is 7. The van der Waals surface area contributed by atoms with Crippen LogP contribution in [0.3, 0.4) is 0 Å². The van der Waals surface area contributed by atoms with Gasteiger partial charge in [0, 0.05) is 6.42 Å². The van der Waals surface area contributed by atoms with Gasteiger partial charge in [0.2, 0.25) is 5.91 Å². The molecule has 0 atom stereocenters. The predicted octanol–water partition coefficient (Wildman–Crippen LogP) is 1.87. The van der Waals surface area contributed by atoms with Gasteiger partial charge in [-0.05, 0) is 31.0 Å². The Morgan fingerprint density at radius 2 is 1.84 bits per heavy atom. The van der Waals surface area contributed by atoms with E-state index in [2.05, 4.69) is 5.32 Å². The molecule has 1 amide bonds. The minimum absolute atomic E-state index is 0.0123. The van der Waals surface area contributed by atoms with Crippen LogP contribution in [0.25, 0.3) is 0 Å². The van der Waals surface area contributed by atoms with Gasteiger partial charge in [0.15, 0.2) is 19.7 Å². The summed E-state index contributed by atoms with van der Waals surface area (Å²) < 4.78 is 48.1. The maximum absolute atomic E-state index is 12.2. The first-order valence-electron chi connectivity index (χ1n) is 8.23. The van der Waals surface area contributed by atoms with E-state index < -0.39 is 25.6 Å². The second-order valence-corrected chi connectivity index (χ2v) is 10.8. The van der Waals surface area contributed by atoms with Crippen LogP contribution < -0.4 is 5.32 Å². The normalized spacial score (nSPS) is 16.0. The number of nitrogens with one attached hydrogen (secondary N) is 1. The van der Waals surface area contributed by atoms with Crippen molar-refractivity contribution in [2.75, 3.05) is 16.8 Å². The van der Waals surface area contributed by atoms with Crippen LogP contribution in [-0.4, -0.2) is 44.6 Å². The summed E-state index contributed by atoms with van der Waals surface area (Å²) in [5.74, 6) is -1.22. The van der Waals surface area contributed by atoms with E-state index in [0.717, 1.165) is 12.8 Å². The maximum atomic E-state index is 12.2. The summed E-state index contributed by atoms with van der Waals surface area (Å²) in [5, 5.41) is 11.8. The monoisotopic (exact) mass is 389 g/mol. The Bertz CT molecular complexity index is 839. The summed E-state index contributed by atoms with van der Waals surface area (Å²) in [6, 6.07) is 3.62. The summed E-state index contributed by atoms with van der Waals surface area (Å²) in [7, 11) is -6.79. The fourth-order valence-electron chi connectivity index (χ4n) is 2.84. The lowest BCUT2D eigenvalue weighted by molar-refractivity contribution is -0.115. The Labute approximate surface area is 148 Å². The van der Waals surface area contributed by atoms with Crippen LogP contribution in [0.2, 0.25) is 0 Å². The van der Waals surface area contributed by atoms with Gasteiger partial charge in [-0.3, -0.25) is 4.79 Å².